The van der Waals surface area contributed by atoms with Crippen LogP contribution >= 0.6 is 0 Å². The summed E-state index contributed by atoms with van der Waals surface area (Å²) in [5.41, 5.74) is 1.62. The van der Waals surface area contributed by atoms with Gasteiger partial charge >= 0.3 is 12.1 Å². The highest BCUT2D eigenvalue weighted by atomic mass is 16.6. The van der Waals surface area contributed by atoms with E-state index in [1.807, 2.05) is 26.8 Å². The van der Waals surface area contributed by atoms with Crippen LogP contribution in [0.1, 0.15) is 61.1 Å². The molecule has 0 unspecified atom stereocenters. The van der Waals surface area contributed by atoms with Gasteiger partial charge in [-0.05, 0) is 45.6 Å². The van der Waals surface area contributed by atoms with Crippen LogP contribution in [0.3, 0.4) is 0 Å². The number of likely N-dealkylation sites (tertiary alicyclic amines) is 1. The standard InChI is InChI=1S/C18H24N2O5/c1-18(2,3)25-17(22)20-7-5-11(6-8-20)13-9-12-10-24-16(21)14(12)19-15(13)23-4/h9,11H,5-8,10H2,1-4H3. The fourth-order valence-corrected chi connectivity index (χ4v) is 3.21. The number of carbonyl (C=O) groups excluding carboxylic acids is 2. The molecule has 7 heteroatoms. The van der Waals surface area contributed by atoms with E-state index in [4.69, 9.17) is 14.2 Å². The van der Waals surface area contributed by atoms with Gasteiger partial charge in [0.05, 0.1) is 7.11 Å². The van der Waals surface area contributed by atoms with Crippen LogP contribution < -0.4 is 4.74 Å². The average Bonchev–Trinajstić information content (AvgIpc) is 2.92. The van der Waals surface area contributed by atoms with Crippen molar-refractivity contribution in [3.8, 4) is 5.88 Å². The van der Waals surface area contributed by atoms with Gasteiger partial charge in [0.25, 0.3) is 0 Å². The Balaban J connectivity index is 1.71. The number of rotatable bonds is 2. The first-order valence-corrected chi connectivity index (χ1v) is 8.51. The molecule has 7 nitrogen and oxygen atoms in total. The molecule has 2 aliphatic rings. The third kappa shape index (κ3) is 3.70. The molecule has 1 saturated heterocycles. The van der Waals surface area contributed by atoms with Crippen LogP contribution in [0.4, 0.5) is 4.79 Å². The predicted octanol–water partition coefficient (Wildman–Crippen LogP) is 2.88. The van der Waals surface area contributed by atoms with E-state index in [1.165, 1.54) is 0 Å². The Kier molecular flexibility index (Phi) is 4.58. The minimum Gasteiger partial charge on any atom is -0.481 e. The number of ether oxygens (including phenoxy) is 3. The Hall–Kier alpha value is -2.31. The topological polar surface area (TPSA) is 78.0 Å². The molecule has 1 amide bonds. The number of carbonyl (C=O) groups is 2. The number of hydrogen-bond donors (Lipinski definition) is 0. The van der Waals surface area contributed by atoms with Gasteiger partial charge in [-0.2, -0.15) is 0 Å². The molecule has 1 aromatic rings. The molecule has 0 bridgehead atoms. The lowest BCUT2D eigenvalue weighted by atomic mass is 9.89. The van der Waals surface area contributed by atoms with Crippen LogP contribution in [0.5, 0.6) is 5.88 Å². The lowest BCUT2D eigenvalue weighted by Gasteiger charge is -2.33. The highest BCUT2D eigenvalue weighted by Gasteiger charge is 2.32. The van der Waals surface area contributed by atoms with Gasteiger partial charge in [0, 0.05) is 24.2 Å². The van der Waals surface area contributed by atoms with E-state index in [-0.39, 0.29) is 18.6 Å². The summed E-state index contributed by atoms with van der Waals surface area (Å²) < 4.78 is 15.9. The van der Waals surface area contributed by atoms with Crippen LogP contribution in [-0.2, 0) is 16.1 Å². The molecular weight excluding hydrogens is 324 g/mol. The Bertz CT molecular complexity index is 687. The molecule has 1 fully saturated rings. The molecule has 0 N–H and O–H groups in total. The summed E-state index contributed by atoms with van der Waals surface area (Å²) in [6.07, 6.45) is 1.32. The first kappa shape index (κ1) is 17.5. The number of methoxy groups -OCH3 is 1. The van der Waals surface area contributed by atoms with Crippen molar-refractivity contribution < 1.29 is 23.8 Å². The van der Waals surface area contributed by atoms with Crippen molar-refractivity contribution in [1.82, 2.24) is 9.88 Å². The van der Waals surface area contributed by atoms with Gasteiger partial charge in [-0.15, -0.1) is 0 Å². The van der Waals surface area contributed by atoms with E-state index in [1.54, 1.807) is 12.0 Å². The molecule has 0 saturated carbocycles. The van der Waals surface area contributed by atoms with Crippen LogP contribution in [0, 0.1) is 0 Å². The van der Waals surface area contributed by atoms with Crippen LogP contribution in [0.25, 0.3) is 0 Å². The van der Waals surface area contributed by atoms with Crippen molar-refractivity contribution >= 4 is 12.1 Å². The van der Waals surface area contributed by atoms with Gasteiger partial charge in [-0.1, -0.05) is 0 Å². The third-order valence-corrected chi connectivity index (χ3v) is 4.43. The molecule has 0 atom stereocenters. The summed E-state index contributed by atoms with van der Waals surface area (Å²) in [6, 6.07) is 1.96. The Labute approximate surface area is 147 Å². The second kappa shape index (κ2) is 6.54. The zero-order valence-electron chi connectivity index (χ0n) is 15.1. The molecule has 25 heavy (non-hydrogen) atoms. The van der Waals surface area contributed by atoms with E-state index < -0.39 is 11.6 Å². The predicted molar refractivity (Wildman–Crippen MR) is 89.7 cm³/mol. The van der Waals surface area contributed by atoms with E-state index in [2.05, 4.69) is 4.98 Å². The molecule has 0 radical (unpaired) electrons. The number of piperidine rings is 1. The van der Waals surface area contributed by atoms with Crippen molar-refractivity contribution in [3.05, 3.63) is 22.9 Å². The SMILES string of the molecule is COc1nc2c(cc1C1CCN(C(=O)OC(C)(C)C)CC1)COC2=O. The van der Waals surface area contributed by atoms with E-state index in [0.717, 1.165) is 24.0 Å². The Morgan fingerprint density at radius 2 is 2.00 bits per heavy atom. The number of esters is 1. The van der Waals surface area contributed by atoms with E-state index in [0.29, 0.717) is 24.7 Å². The molecule has 0 aliphatic carbocycles. The maximum absolute atomic E-state index is 12.2. The molecule has 1 aromatic heterocycles. The largest absolute Gasteiger partial charge is 0.481 e. The van der Waals surface area contributed by atoms with E-state index >= 15 is 0 Å². The average molecular weight is 348 g/mol. The summed E-state index contributed by atoms with van der Waals surface area (Å²) in [4.78, 5) is 29.9. The first-order valence-electron chi connectivity index (χ1n) is 8.51. The number of hydrogen-bond acceptors (Lipinski definition) is 6. The first-order chi connectivity index (χ1) is 11.8. The van der Waals surface area contributed by atoms with Gasteiger partial charge in [-0.3, -0.25) is 0 Å². The Morgan fingerprint density at radius 1 is 1.32 bits per heavy atom. The molecule has 2 aliphatic heterocycles. The summed E-state index contributed by atoms with van der Waals surface area (Å²) in [5.74, 6) is 0.287. The molecule has 3 rings (SSSR count). The number of cyclic esters (lactones) is 1. The van der Waals surface area contributed by atoms with Gasteiger partial charge < -0.3 is 19.1 Å². The maximum Gasteiger partial charge on any atom is 0.410 e. The van der Waals surface area contributed by atoms with Gasteiger partial charge in [0.1, 0.15) is 12.2 Å². The number of pyridine rings is 1. The summed E-state index contributed by atoms with van der Waals surface area (Å²) >= 11 is 0. The monoisotopic (exact) mass is 348 g/mol. The lowest BCUT2D eigenvalue weighted by Crippen LogP contribution is -2.41. The second-order valence-corrected chi connectivity index (χ2v) is 7.41. The molecular formula is C18H24N2O5. The molecule has 136 valence electrons. The van der Waals surface area contributed by atoms with Crippen LogP contribution in [0.2, 0.25) is 0 Å². The van der Waals surface area contributed by atoms with Crippen LogP contribution in [0.15, 0.2) is 6.07 Å². The second-order valence-electron chi connectivity index (χ2n) is 7.41. The zero-order valence-corrected chi connectivity index (χ0v) is 15.1. The normalized spacial score (nSPS) is 17.9. The zero-order chi connectivity index (χ0) is 18.2. The fraction of sp³-hybridized carbons (Fsp3) is 0.611. The smallest absolute Gasteiger partial charge is 0.410 e. The minimum atomic E-state index is -0.492. The van der Waals surface area contributed by atoms with E-state index in [9.17, 15) is 9.59 Å². The fourth-order valence-electron chi connectivity index (χ4n) is 3.21. The lowest BCUT2D eigenvalue weighted by molar-refractivity contribution is 0.0204. The van der Waals surface area contributed by atoms with Crippen molar-refractivity contribution in [2.24, 2.45) is 0 Å². The van der Waals surface area contributed by atoms with Gasteiger partial charge in [0.2, 0.25) is 5.88 Å². The van der Waals surface area contributed by atoms with Crippen molar-refractivity contribution in [2.75, 3.05) is 20.2 Å². The molecule has 3 heterocycles. The van der Waals surface area contributed by atoms with Crippen molar-refractivity contribution in [1.29, 1.82) is 0 Å². The number of fused-ring (bicyclic) bond motifs is 1. The quantitative estimate of drug-likeness (QED) is 0.765. The minimum absolute atomic E-state index is 0.224. The highest BCUT2D eigenvalue weighted by Crippen LogP contribution is 2.36. The number of aromatic nitrogens is 1. The molecule has 0 aromatic carbocycles. The summed E-state index contributed by atoms with van der Waals surface area (Å²) in [5, 5.41) is 0. The van der Waals surface area contributed by atoms with Crippen LogP contribution in [-0.4, -0.2) is 47.7 Å². The maximum atomic E-state index is 12.2. The van der Waals surface area contributed by atoms with Gasteiger partial charge in [0.15, 0.2) is 5.69 Å². The molecule has 0 spiro atoms. The number of amides is 1. The van der Waals surface area contributed by atoms with Crippen molar-refractivity contribution in [3.63, 3.8) is 0 Å². The van der Waals surface area contributed by atoms with Crippen molar-refractivity contribution in [2.45, 2.75) is 51.7 Å². The number of nitrogens with zero attached hydrogens (tertiary/aromatic N) is 2. The highest BCUT2D eigenvalue weighted by molar-refractivity contribution is 5.91. The summed E-state index contributed by atoms with van der Waals surface area (Å²) in [7, 11) is 1.55. The third-order valence-electron chi connectivity index (χ3n) is 4.43. The summed E-state index contributed by atoms with van der Waals surface area (Å²) in [6.45, 7) is 7.09. The van der Waals surface area contributed by atoms with Gasteiger partial charge in [-0.25, -0.2) is 14.6 Å². The Morgan fingerprint density at radius 3 is 2.60 bits per heavy atom.